The molecule has 1 aliphatic rings. The zero-order valence-corrected chi connectivity index (χ0v) is 18.7. The Labute approximate surface area is 185 Å². The minimum Gasteiger partial charge on any atom is -0.508 e. The molecule has 0 aliphatic carbocycles. The minimum atomic E-state index is -0.212. The van der Waals surface area contributed by atoms with Gasteiger partial charge >= 0.3 is 0 Å². The first kappa shape index (κ1) is 19.6. The van der Waals surface area contributed by atoms with Gasteiger partial charge in [0.2, 0.25) is 0 Å². The number of phenolic OH excluding ortho intramolecular Hbond substituents is 1. The summed E-state index contributed by atoms with van der Waals surface area (Å²) in [6, 6.07) is 21.3. The minimum absolute atomic E-state index is 0.0747. The molecule has 4 rings (SSSR count). The van der Waals surface area contributed by atoms with Crippen molar-refractivity contribution in [1.29, 1.82) is 0 Å². The van der Waals surface area contributed by atoms with Crippen molar-refractivity contribution >= 4 is 49.2 Å². The molecule has 3 nitrogen and oxygen atoms in total. The molecule has 142 valence electrons. The van der Waals surface area contributed by atoms with E-state index in [1.165, 1.54) is 0 Å². The first-order valence-corrected chi connectivity index (χ1v) is 10.8. The number of nitrogens with one attached hydrogen (secondary N) is 1. The Kier molecular flexibility index (Phi) is 5.88. The highest BCUT2D eigenvalue weighted by molar-refractivity contribution is 9.10. The van der Waals surface area contributed by atoms with Crippen LogP contribution in [-0.4, -0.2) is 10.8 Å². The van der Waals surface area contributed by atoms with Crippen LogP contribution in [0.4, 0.5) is 0 Å². The Morgan fingerprint density at radius 3 is 2.32 bits per heavy atom. The second-order valence-electron chi connectivity index (χ2n) is 6.66. The Balaban J connectivity index is 1.76. The third-order valence-electron chi connectivity index (χ3n) is 4.77. The smallest absolute Gasteiger partial charge is 0.126 e. The molecule has 0 radical (unpaired) electrons. The summed E-state index contributed by atoms with van der Waals surface area (Å²) in [4.78, 5) is 4.96. The zero-order chi connectivity index (χ0) is 19.7. The molecule has 0 saturated carbocycles. The Bertz CT molecular complexity index is 1020. The van der Waals surface area contributed by atoms with Crippen LogP contribution in [0, 0.1) is 0 Å². The maximum atomic E-state index is 10.4. The second kappa shape index (κ2) is 8.37. The summed E-state index contributed by atoms with van der Waals surface area (Å²) in [5.41, 5.74) is 3.92. The van der Waals surface area contributed by atoms with Crippen molar-refractivity contribution < 1.29 is 5.11 Å². The van der Waals surface area contributed by atoms with E-state index in [2.05, 4.69) is 37.2 Å². The van der Waals surface area contributed by atoms with Crippen molar-refractivity contribution in [3.63, 3.8) is 0 Å². The van der Waals surface area contributed by atoms with Crippen LogP contribution < -0.4 is 5.32 Å². The number of benzene rings is 3. The first-order chi connectivity index (χ1) is 13.5. The van der Waals surface area contributed by atoms with E-state index in [4.69, 9.17) is 16.6 Å². The number of hydrogen-bond donors (Lipinski definition) is 2. The van der Waals surface area contributed by atoms with Crippen molar-refractivity contribution in [3.05, 3.63) is 97.4 Å². The summed E-state index contributed by atoms with van der Waals surface area (Å²) in [6.07, 6.45) is 0.453. The molecule has 1 aliphatic heterocycles. The number of aliphatic imine (C=N–C) groups is 1. The molecule has 1 heterocycles. The fourth-order valence-electron chi connectivity index (χ4n) is 3.34. The van der Waals surface area contributed by atoms with Gasteiger partial charge in [0.05, 0.1) is 0 Å². The maximum Gasteiger partial charge on any atom is 0.126 e. The second-order valence-corrected chi connectivity index (χ2v) is 8.93. The molecule has 28 heavy (non-hydrogen) atoms. The summed E-state index contributed by atoms with van der Waals surface area (Å²) in [7, 11) is 0. The highest BCUT2D eigenvalue weighted by Gasteiger charge is 2.27. The van der Waals surface area contributed by atoms with E-state index in [0.29, 0.717) is 11.4 Å². The molecule has 0 fully saturated rings. The van der Waals surface area contributed by atoms with Gasteiger partial charge in [-0.15, -0.1) is 0 Å². The van der Waals surface area contributed by atoms with E-state index >= 15 is 0 Å². The third-order valence-corrected chi connectivity index (χ3v) is 6.04. The molecule has 0 bridgehead atoms. The maximum absolute atomic E-state index is 10.4. The van der Waals surface area contributed by atoms with Gasteiger partial charge in [0, 0.05) is 37.7 Å². The Morgan fingerprint density at radius 2 is 1.61 bits per heavy atom. The van der Waals surface area contributed by atoms with E-state index in [0.717, 1.165) is 31.3 Å². The average molecular weight is 521 g/mol. The van der Waals surface area contributed by atoms with Crippen LogP contribution in [0.15, 0.2) is 80.7 Å². The fourth-order valence-corrected chi connectivity index (χ4v) is 4.11. The fraction of sp³-hybridized carbons (Fsp3) is 0.136. The van der Waals surface area contributed by atoms with Crippen LogP contribution in [0.25, 0.3) is 0 Å². The zero-order valence-electron chi connectivity index (χ0n) is 14.7. The monoisotopic (exact) mass is 518 g/mol. The lowest BCUT2D eigenvalue weighted by atomic mass is 9.93. The largest absolute Gasteiger partial charge is 0.508 e. The standard InChI is InChI=1S/C22H17Br2ClN2O/c23-15-5-1-14(2-6-15)22-26-19(13-3-8-17(25)9-4-13)12-20(27-22)18-11-16(24)7-10-21(18)28/h1-11,20,22,27-28H,12H2. The van der Waals surface area contributed by atoms with E-state index in [1.54, 1.807) is 6.07 Å². The molecule has 2 N–H and O–H groups in total. The van der Waals surface area contributed by atoms with Crippen molar-refractivity contribution in [2.24, 2.45) is 4.99 Å². The lowest BCUT2D eigenvalue weighted by Gasteiger charge is -2.31. The van der Waals surface area contributed by atoms with Gasteiger partial charge in [-0.3, -0.25) is 10.3 Å². The summed E-state index contributed by atoms with van der Waals surface area (Å²) in [5.74, 6) is 0.271. The number of hydrogen-bond acceptors (Lipinski definition) is 3. The highest BCUT2D eigenvalue weighted by Crippen LogP contribution is 2.36. The lowest BCUT2D eigenvalue weighted by Crippen LogP contribution is -2.33. The molecule has 0 aromatic heterocycles. The van der Waals surface area contributed by atoms with Gasteiger partial charge in [-0.2, -0.15) is 0 Å². The average Bonchev–Trinajstić information content (AvgIpc) is 2.70. The summed E-state index contributed by atoms with van der Waals surface area (Å²) in [6.45, 7) is 0. The number of halogens is 3. The molecule has 6 heteroatoms. The molecule has 2 unspecified atom stereocenters. The van der Waals surface area contributed by atoms with Crippen molar-refractivity contribution in [2.45, 2.75) is 18.6 Å². The molecule has 3 aromatic carbocycles. The summed E-state index contributed by atoms with van der Waals surface area (Å²) < 4.78 is 1.95. The molecular formula is C22H17Br2ClN2O. The lowest BCUT2D eigenvalue weighted by molar-refractivity contribution is 0.412. The number of nitrogens with zero attached hydrogens (tertiary/aromatic N) is 1. The van der Waals surface area contributed by atoms with Gasteiger partial charge in [0.25, 0.3) is 0 Å². The van der Waals surface area contributed by atoms with Gasteiger partial charge < -0.3 is 5.11 Å². The predicted molar refractivity (Wildman–Crippen MR) is 121 cm³/mol. The predicted octanol–water partition coefficient (Wildman–Crippen LogP) is 6.79. The van der Waals surface area contributed by atoms with Crippen molar-refractivity contribution in [3.8, 4) is 5.75 Å². The number of rotatable bonds is 3. The van der Waals surface area contributed by atoms with Gasteiger partial charge in [-0.25, -0.2) is 0 Å². The highest BCUT2D eigenvalue weighted by atomic mass is 79.9. The topological polar surface area (TPSA) is 44.6 Å². The van der Waals surface area contributed by atoms with Crippen LogP contribution >= 0.6 is 43.5 Å². The van der Waals surface area contributed by atoms with Crippen LogP contribution in [0.1, 0.15) is 35.3 Å². The van der Waals surface area contributed by atoms with E-state index in [-0.39, 0.29) is 18.0 Å². The van der Waals surface area contributed by atoms with Crippen molar-refractivity contribution in [1.82, 2.24) is 5.32 Å². The van der Waals surface area contributed by atoms with E-state index < -0.39 is 0 Å². The molecule has 0 spiro atoms. The molecule has 2 atom stereocenters. The van der Waals surface area contributed by atoms with Crippen LogP contribution in [0.5, 0.6) is 5.75 Å². The van der Waals surface area contributed by atoms with Gasteiger partial charge in [0.1, 0.15) is 11.9 Å². The van der Waals surface area contributed by atoms with E-state index in [9.17, 15) is 5.11 Å². The molecule has 0 amide bonds. The molecule has 3 aromatic rings. The van der Waals surface area contributed by atoms with Crippen LogP contribution in [-0.2, 0) is 0 Å². The van der Waals surface area contributed by atoms with Crippen LogP contribution in [0.2, 0.25) is 5.02 Å². The normalized spacial score (nSPS) is 19.3. The van der Waals surface area contributed by atoms with E-state index in [1.807, 2.05) is 60.7 Å². The Hall–Kier alpha value is -1.66. The molecule has 0 saturated heterocycles. The molecular weight excluding hydrogens is 504 g/mol. The first-order valence-electron chi connectivity index (χ1n) is 8.82. The SMILES string of the molecule is Oc1ccc(Br)cc1C1CC(c2ccc(Cl)cc2)=NC(c2ccc(Br)cc2)N1. The number of phenols is 1. The third kappa shape index (κ3) is 4.33. The van der Waals surface area contributed by atoms with Gasteiger partial charge in [-0.1, -0.05) is 67.7 Å². The van der Waals surface area contributed by atoms with Gasteiger partial charge in [-0.05, 0) is 53.6 Å². The van der Waals surface area contributed by atoms with Crippen molar-refractivity contribution in [2.75, 3.05) is 0 Å². The van der Waals surface area contributed by atoms with Gasteiger partial charge in [0.15, 0.2) is 0 Å². The summed E-state index contributed by atoms with van der Waals surface area (Å²) >= 11 is 13.1. The van der Waals surface area contributed by atoms with Crippen LogP contribution in [0.3, 0.4) is 0 Å². The Morgan fingerprint density at radius 1 is 0.929 bits per heavy atom. The summed E-state index contributed by atoms with van der Waals surface area (Å²) in [5, 5.41) is 14.7. The quantitative estimate of drug-likeness (QED) is 0.399. The number of aromatic hydroxyl groups is 1.